The highest BCUT2D eigenvalue weighted by Crippen LogP contribution is 2.41. The van der Waals surface area contributed by atoms with E-state index in [2.05, 4.69) is 10.2 Å². The third kappa shape index (κ3) is 1.67. The molecule has 0 saturated carbocycles. The van der Waals surface area contributed by atoms with Crippen molar-refractivity contribution in [3.8, 4) is 0 Å². The summed E-state index contributed by atoms with van der Waals surface area (Å²) < 4.78 is 31.3. The van der Waals surface area contributed by atoms with E-state index in [1.165, 1.54) is 6.08 Å². The number of aryl methyl sites for hydroxylation is 1. The number of rotatable bonds is 2. The SMILES string of the molecule is Cc1n[nH]c(N)c1C1(S(=O)(=O)O)C=CC=CC1. The van der Waals surface area contributed by atoms with Crippen molar-refractivity contribution < 1.29 is 13.0 Å². The predicted octanol–water partition coefficient (Wildman–Crippen LogP) is 0.900. The number of allylic oxidation sites excluding steroid dienone is 3. The van der Waals surface area contributed by atoms with E-state index in [-0.39, 0.29) is 12.2 Å². The zero-order chi connectivity index (χ0) is 12.7. The monoisotopic (exact) mass is 255 g/mol. The van der Waals surface area contributed by atoms with Crippen molar-refractivity contribution in [2.24, 2.45) is 0 Å². The second-order valence-corrected chi connectivity index (χ2v) is 5.63. The summed E-state index contributed by atoms with van der Waals surface area (Å²) in [6.07, 6.45) is 6.52. The molecule has 0 spiro atoms. The average Bonchev–Trinajstić information content (AvgIpc) is 2.58. The van der Waals surface area contributed by atoms with Gasteiger partial charge in [0.1, 0.15) is 10.6 Å². The largest absolute Gasteiger partial charge is 0.384 e. The Morgan fingerprint density at radius 3 is 2.65 bits per heavy atom. The topological polar surface area (TPSA) is 109 Å². The summed E-state index contributed by atoms with van der Waals surface area (Å²) in [6, 6.07) is 0. The highest BCUT2D eigenvalue weighted by Gasteiger charge is 2.45. The lowest BCUT2D eigenvalue weighted by Crippen LogP contribution is -2.35. The van der Waals surface area contributed by atoms with Crippen LogP contribution >= 0.6 is 0 Å². The first-order valence-electron chi connectivity index (χ1n) is 5.01. The van der Waals surface area contributed by atoms with E-state index in [1.807, 2.05) is 0 Å². The number of aromatic amines is 1. The fourth-order valence-electron chi connectivity index (χ4n) is 2.09. The molecular formula is C10H13N3O3S. The van der Waals surface area contributed by atoms with Gasteiger partial charge in [-0.2, -0.15) is 13.5 Å². The number of nitrogen functional groups attached to an aromatic ring is 1. The third-order valence-corrected chi connectivity index (χ3v) is 4.32. The zero-order valence-electron chi connectivity index (χ0n) is 9.21. The number of aromatic nitrogens is 2. The number of nitrogens with two attached hydrogens (primary N) is 1. The first-order chi connectivity index (χ1) is 7.88. The van der Waals surface area contributed by atoms with Gasteiger partial charge in [0.05, 0.1) is 5.69 Å². The molecule has 1 aliphatic carbocycles. The van der Waals surface area contributed by atoms with Crippen molar-refractivity contribution in [2.75, 3.05) is 5.73 Å². The molecule has 0 amide bonds. The van der Waals surface area contributed by atoms with Crippen molar-refractivity contribution in [1.82, 2.24) is 10.2 Å². The Hall–Kier alpha value is -1.60. The molecule has 1 heterocycles. The molecule has 7 heteroatoms. The molecule has 4 N–H and O–H groups in total. The number of hydrogen-bond acceptors (Lipinski definition) is 4. The number of nitrogens with zero attached hydrogens (tertiary/aromatic N) is 1. The third-order valence-electron chi connectivity index (χ3n) is 2.89. The van der Waals surface area contributed by atoms with Gasteiger partial charge in [0.15, 0.2) is 0 Å². The van der Waals surface area contributed by atoms with E-state index in [0.29, 0.717) is 11.3 Å². The second-order valence-electron chi connectivity index (χ2n) is 3.95. The van der Waals surface area contributed by atoms with E-state index in [0.717, 1.165) is 0 Å². The molecule has 1 atom stereocenters. The highest BCUT2D eigenvalue weighted by molar-refractivity contribution is 7.87. The summed E-state index contributed by atoms with van der Waals surface area (Å²) in [4.78, 5) is 0. The van der Waals surface area contributed by atoms with Gasteiger partial charge in [-0.3, -0.25) is 9.65 Å². The number of nitrogens with one attached hydrogen (secondary N) is 1. The molecule has 2 rings (SSSR count). The van der Waals surface area contributed by atoms with E-state index in [1.54, 1.807) is 25.2 Å². The quantitative estimate of drug-likeness (QED) is 0.680. The molecule has 0 radical (unpaired) electrons. The molecule has 1 aromatic heterocycles. The Bertz CT molecular complexity index is 581. The van der Waals surface area contributed by atoms with Crippen LogP contribution in [-0.2, 0) is 14.9 Å². The number of anilines is 1. The van der Waals surface area contributed by atoms with Crippen LogP contribution in [0.2, 0.25) is 0 Å². The van der Waals surface area contributed by atoms with Crippen molar-refractivity contribution in [3.05, 3.63) is 35.6 Å². The van der Waals surface area contributed by atoms with Crippen molar-refractivity contribution in [3.63, 3.8) is 0 Å². The summed E-state index contributed by atoms with van der Waals surface area (Å²) in [7, 11) is -4.33. The Morgan fingerprint density at radius 2 is 2.24 bits per heavy atom. The van der Waals surface area contributed by atoms with Gasteiger partial charge in [-0.25, -0.2) is 0 Å². The first-order valence-corrected chi connectivity index (χ1v) is 6.45. The van der Waals surface area contributed by atoms with E-state index in [9.17, 15) is 13.0 Å². The summed E-state index contributed by atoms with van der Waals surface area (Å²) >= 11 is 0. The predicted molar refractivity (Wildman–Crippen MR) is 63.9 cm³/mol. The molecule has 1 aliphatic rings. The van der Waals surface area contributed by atoms with Crippen LogP contribution in [0.25, 0.3) is 0 Å². The Morgan fingerprint density at radius 1 is 1.53 bits per heavy atom. The average molecular weight is 255 g/mol. The van der Waals surface area contributed by atoms with Gasteiger partial charge < -0.3 is 5.73 Å². The van der Waals surface area contributed by atoms with Crippen LogP contribution in [0.5, 0.6) is 0 Å². The Balaban J connectivity index is 2.73. The lowest BCUT2D eigenvalue weighted by molar-refractivity contribution is 0.448. The summed E-state index contributed by atoms with van der Waals surface area (Å²) in [5.74, 6) is 0.153. The Kier molecular flexibility index (Phi) is 2.59. The summed E-state index contributed by atoms with van der Waals surface area (Å²) in [5, 5.41) is 6.39. The first kappa shape index (κ1) is 11.9. The Labute approximate surface area is 99.0 Å². The lowest BCUT2D eigenvalue weighted by atomic mass is 9.91. The standard InChI is InChI=1S/C10H13N3O3S/c1-7-8(9(11)13-12-7)10(17(14,15)16)5-3-2-4-6-10/h2-5H,6H2,1H3,(H3,11,12,13)(H,14,15,16). The van der Waals surface area contributed by atoms with E-state index < -0.39 is 14.9 Å². The van der Waals surface area contributed by atoms with Crippen molar-refractivity contribution in [1.29, 1.82) is 0 Å². The normalized spacial score (nSPS) is 24.1. The van der Waals surface area contributed by atoms with Gasteiger partial charge in [0.25, 0.3) is 10.1 Å². The molecule has 1 unspecified atom stereocenters. The number of hydrogen-bond donors (Lipinski definition) is 3. The van der Waals surface area contributed by atoms with Gasteiger partial charge in [0, 0.05) is 5.56 Å². The fourth-order valence-corrected chi connectivity index (χ4v) is 3.16. The van der Waals surface area contributed by atoms with Crippen LogP contribution in [0.4, 0.5) is 5.82 Å². The molecule has 0 saturated heterocycles. The maximum Gasteiger partial charge on any atom is 0.279 e. The summed E-state index contributed by atoms with van der Waals surface area (Å²) in [5.41, 5.74) is 6.47. The van der Waals surface area contributed by atoms with Gasteiger partial charge >= 0.3 is 0 Å². The minimum atomic E-state index is -4.33. The van der Waals surface area contributed by atoms with Crippen molar-refractivity contribution in [2.45, 2.75) is 18.1 Å². The van der Waals surface area contributed by atoms with Crippen molar-refractivity contribution >= 4 is 15.9 Å². The maximum absolute atomic E-state index is 11.7. The molecule has 6 nitrogen and oxygen atoms in total. The van der Waals surface area contributed by atoms with Gasteiger partial charge in [-0.05, 0) is 13.3 Å². The van der Waals surface area contributed by atoms with Crippen LogP contribution in [0.15, 0.2) is 24.3 Å². The lowest BCUT2D eigenvalue weighted by Gasteiger charge is -2.28. The minimum Gasteiger partial charge on any atom is -0.384 e. The molecular weight excluding hydrogens is 242 g/mol. The van der Waals surface area contributed by atoms with Gasteiger partial charge in [-0.1, -0.05) is 24.3 Å². The number of H-pyrrole nitrogens is 1. The van der Waals surface area contributed by atoms with Gasteiger partial charge in [0.2, 0.25) is 0 Å². The molecule has 17 heavy (non-hydrogen) atoms. The van der Waals surface area contributed by atoms with Gasteiger partial charge in [-0.15, -0.1) is 0 Å². The van der Waals surface area contributed by atoms with Crippen LogP contribution in [0.1, 0.15) is 17.7 Å². The van der Waals surface area contributed by atoms with Crippen LogP contribution < -0.4 is 5.73 Å². The van der Waals surface area contributed by atoms with E-state index >= 15 is 0 Å². The zero-order valence-corrected chi connectivity index (χ0v) is 10.0. The second kappa shape index (κ2) is 3.71. The molecule has 0 bridgehead atoms. The van der Waals surface area contributed by atoms with Crippen LogP contribution in [0.3, 0.4) is 0 Å². The molecule has 0 aromatic carbocycles. The molecule has 1 aromatic rings. The highest BCUT2D eigenvalue weighted by atomic mass is 32.2. The molecule has 0 aliphatic heterocycles. The minimum absolute atomic E-state index is 0.132. The maximum atomic E-state index is 11.7. The van der Waals surface area contributed by atoms with Crippen LogP contribution in [-0.4, -0.2) is 23.2 Å². The molecule has 92 valence electrons. The smallest absolute Gasteiger partial charge is 0.279 e. The van der Waals surface area contributed by atoms with E-state index in [4.69, 9.17) is 5.73 Å². The molecule has 0 fully saturated rings. The van der Waals surface area contributed by atoms with Crippen LogP contribution in [0, 0.1) is 6.92 Å². The fraction of sp³-hybridized carbons (Fsp3) is 0.300. The summed E-state index contributed by atoms with van der Waals surface area (Å²) in [6.45, 7) is 1.64.